The second-order valence-corrected chi connectivity index (χ2v) is 6.43. The highest BCUT2D eigenvalue weighted by Crippen LogP contribution is 2.30. The molecule has 4 nitrogen and oxygen atoms in total. The molecule has 2 heterocycles. The van der Waals surface area contributed by atoms with Crippen molar-refractivity contribution < 1.29 is 9.53 Å². The van der Waals surface area contributed by atoms with Gasteiger partial charge in [-0.15, -0.1) is 0 Å². The van der Waals surface area contributed by atoms with Gasteiger partial charge in [0.15, 0.2) is 0 Å². The lowest BCUT2D eigenvalue weighted by Gasteiger charge is -2.31. The van der Waals surface area contributed by atoms with Crippen molar-refractivity contribution in [3.05, 3.63) is 29.3 Å². The van der Waals surface area contributed by atoms with Crippen LogP contribution in [0.1, 0.15) is 43.7 Å². The summed E-state index contributed by atoms with van der Waals surface area (Å²) in [5, 5.41) is 0. The number of hydrogen-bond acceptors (Lipinski definition) is 3. The van der Waals surface area contributed by atoms with Gasteiger partial charge in [0.2, 0.25) is 0 Å². The standard InChI is InChI=1S/C18H26N2O2/c1-2-15(19)12-13-7-8-16-14(11-13)5-3-9-20(16)18(21)17-6-4-10-22-17/h7-8,11,15,17H,2-6,9-10,12,19H2,1H3. The van der Waals surface area contributed by atoms with Crippen molar-refractivity contribution in [3.63, 3.8) is 0 Å². The maximum Gasteiger partial charge on any atom is 0.256 e. The molecular weight excluding hydrogens is 276 g/mol. The molecule has 4 heteroatoms. The molecular formula is C18H26N2O2. The molecule has 2 aliphatic rings. The fourth-order valence-corrected chi connectivity index (χ4v) is 3.40. The summed E-state index contributed by atoms with van der Waals surface area (Å²) < 4.78 is 5.57. The number of ether oxygens (including phenoxy) is 1. The third-order valence-corrected chi connectivity index (χ3v) is 4.76. The fourth-order valence-electron chi connectivity index (χ4n) is 3.40. The average molecular weight is 302 g/mol. The molecule has 1 fully saturated rings. The number of benzene rings is 1. The number of aryl methyl sites for hydroxylation is 1. The number of carbonyl (C=O) groups is 1. The summed E-state index contributed by atoms with van der Waals surface area (Å²) in [5.41, 5.74) is 9.68. The molecule has 2 N–H and O–H groups in total. The Balaban J connectivity index is 1.79. The molecule has 1 amide bonds. The molecule has 2 unspecified atom stereocenters. The molecule has 3 rings (SSSR count). The molecule has 120 valence electrons. The molecule has 0 radical (unpaired) electrons. The zero-order valence-electron chi connectivity index (χ0n) is 13.4. The lowest BCUT2D eigenvalue weighted by molar-refractivity contribution is -0.127. The SMILES string of the molecule is CCC(N)Cc1ccc2c(c1)CCCN2C(=O)C1CCCO1. The molecule has 0 aliphatic carbocycles. The van der Waals surface area contributed by atoms with E-state index < -0.39 is 0 Å². The van der Waals surface area contributed by atoms with Crippen molar-refractivity contribution >= 4 is 11.6 Å². The van der Waals surface area contributed by atoms with Gasteiger partial charge in [0.1, 0.15) is 6.10 Å². The predicted octanol–water partition coefficient (Wildman–Crippen LogP) is 2.42. The Labute approximate surface area is 132 Å². The quantitative estimate of drug-likeness (QED) is 0.929. The minimum absolute atomic E-state index is 0.136. The van der Waals surface area contributed by atoms with Crippen molar-refractivity contribution in [2.75, 3.05) is 18.1 Å². The monoisotopic (exact) mass is 302 g/mol. The maximum atomic E-state index is 12.7. The van der Waals surface area contributed by atoms with E-state index in [-0.39, 0.29) is 18.1 Å². The van der Waals surface area contributed by atoms with Crippen molar-refractivity contribution in [2.24, 2.45) is 5.73 Å². The zero-order chi connectivity index (χ0) is 15.5. The van der Waals surface area contributed by atoms with Gasteiger partial charge in [0.05, 0.1) is 0 Å². The molecule has 1 aromatic carbocycles. The maximum absolute atomic E-state index is 12.7. The van der Waals surface area contributed by atoms with E-state index in [1.165, 1.54) is 11.1 Å². The first-order valence-electron chi connectivity index (χ1n) is 8.49. The average Bonchev–Trinajstić information content (AvgIpc) is 3.07. The Kier molecular flexibility index (Phi) is 4.79. The van der Waals surface area contributed by atoms with E-state index in [1.54, 1.807) is 0 Å². The number of anilines is 1. The van der Waals surface area contributed by atoms with Crippen LogP contribution in [0.15, 0.2) is 18.2 Å². The highest BCUT2D eigenvalue weighted by molar-refractivity contribution is 5.97. The molecule has 22 heavy (non-hydrogen) atoms. The van der Waals surface area contributed by atoms with Crippen LogP contribution in [0.2, 0.25) is 0 Å². The minimum atomic E-state index is -0.237. The van der Waals surface area contributed by atoms with Crippen LogP contribution >= 0.6 is 0 Å². The lowest BCUT2D eigenvalue weighted by atomic mass is 9.95. The first-order valence-corrected chi connectivity index (χ1v) is 8.49. The zero-order valence-corrected chi connectivity index (χ0v) is 13.4. The predicted molar refractivity (Wildman–Crippen MR) is 88.1 cm³/mol. The van der Waals surface area contributed by atoms with Gasteiger partial charge in [-0.1, -0.05) is 19.1 Å². The number of hydrogen-bond donors (Lipinski definition) is 1. The van der Waals surface area contributed by atoms with Crippen LogP contribution in [-0.2, 0) is 22.4 Å². The highest BCUT2D eigenvalue weighted by Gasteiger charge is 2.31. The third kappa shape index (κ3) is 3.18. The van der Waals surface area contributed by atoms with E-state index >= 15 is 0 Å². The molecule has 0 saturated carbocycles. The van der Waals surface area contributed by atoms with E-state index in [9.17, 15) is 4.79 Å². The number of nitrogens with zero attached hydrogens (tertiary/aromatic N) is 1. The van der Waals surface area contributed by atoms with Gasteiger partial charge >= 0.3 is 0 Å². The third-order valence-electron chi connectivity index (χ3n) is 4.76. The Hall–Kier alpha value is -1.39. The highest BCUT2D eigenvalue weighted by atomic mass is 16.5. The summed E-state index contributed by atoms with van der Waals surface area (Å²) in [7, 11) is 0. The van der Waals surface area contributed by atoms with Crippen LogP contribution in [-0.4, -0.2) is 31.2 Å². The topological polar surface area (TPSA) is 55.6 Å². The number of fused-ring (bicyclic) bond motifs is 1. The van der Waals surface area contributed by atoms with Gasteiger partial charge < -0.3 is 15.4 Å². The van der Waals surface area contributed by atoms with E-state index in [4.69, 9.17) is 10.5 Å². The number of rotatable bonds is 4. The van der Waals surface area contributed by atoms with Crippen LogP contribution in [0.5, 0.6) is 0 Å². The number of nitrogens with two attached hydrogens (primary N) is 1. The van der Waals surface area contributed by atoms with Gasteiger partial charge in [-0.05, 0) is 55.7 Å². The minimum Gasteiger partial charge on any atom is -0.368 e. The van der Waals surface area contributed by atoms with Crippen LogP contribution < -0.4 is 10.6 Å². The summed E-state index contributed by atoms with van der Waals surface area (Å²) in [5.74, 6) is 0.136. The Morgan fingerprint density at radius 1 is 1.45 bits per heavy atom. The molecule has 0 aromatic heterocycles. The first kappa shape index (κ1) is 15.5. The van der Waals surface area contributed by atoms with E-state index in [0.29, 0.717) is 6.61 Å². The molecule has 1 saturated heterocycles. The van der Waals surface area contributed by atoms with Gasteiger partial charge in [0, 0.05) is 24.9 Å². The second-order valence-electron chi connectivity index (χ2n) is 6.43. The number of amides is 1. The van der Waals surface area contributed by atoms with Crippen LogP contribution in [0, 0.1) is 0 Å². The summed E-state index contributed by atoms with van der Waals surface area (Å²) in [4.78, 5) is 14.6. The van der Waals surface area contributed by atoms with Gasteiger partial charge in [0.25, 0.3) is 5.91 Å². The van der Waals surface area contributed by atoms with E-state index in [2.05, 4.69) is 25.1 Å². The van der Waals surface area contributed by atoms with Gasteiger partial charge in [-0.3, -0.25) is 4.79 Å². The Morgan fingerprint density at radius 2 is 2.32 bits per heavy atom. The van der Waals surface area contributed by atoms with E-state index in [0.717, 1.165) is 50.8 Å². The summed E-state index contributed by atoms with van der Waals surface area (Å²) in [6.45, 7) is 3.63. The van der Waals surface area contributed by atoms with Crippen LogP contribution in [0.4, 0.5) is 5.69 Å². The van der Waals surface area contributed by atoms with Crippen molar-refractivity contribution in [3.8, 4) is 0 Å². The van der Waals surface area contributed by atoms with Gasteiger partial charge in [-0.25, -0.2) is 0 Å². The number of carbonyl (C=O) groups excluding carboxylic acids is 1. The molecule has 0 bridgehead atoms. The molecule has 2 atom stereocenters. The second kappa shape index (κ2) is 6.80. The van der Waals surface area contributed by atoms with Crippen molar-refractivity contribution in [1.29, 1.82) is 0 Å². The van der Waals surface area contributed by atoms with Crippen LogP contribution in [0.3, 0.4) is 0 Å². The normalized spacial score (nSPS) is 22.5. The van der Waals surface area contributed by atoms with Crippen molar-refractivity contribution in [2.45, 2.75) is 57.6 Å². The lowest BCUT2D eigenvalue weighted by Crippen LogP contribution is -2.42. The molecule has 2 aliphatic heterocycles. The molecule has 1 aromatic rings. The summed E-state index contributed by atoms with van der Waals surface area (Å²) in [6, 6.07) is 6.67. The first-order chi connectivity index (χ1) is 10.7. The van der Waals surface area contributed by atoms with E-state index in [1.807, 2.05) is 4.90 Å². The van der Waals surface area contributed by atoms with Gasteiger partial charge in [-0.2, -0.15) is 0 Å². The van der Waals surface area contributed by atoms with Crippen LogP contribution in [0.25, 0.3) is 0 Å². The largest absolute Gasteiger partial charge is 0.368 e. The molecule has 0 spiro atoms. The summed E-state index contributed by atoms with van der Waals surface area (Å²) in [6.07, 6.45) is 5.57. The fraction of sp³-hybridized carbons (Fsp3) is 0.611. The van der Waals surface area contributed by atoms with Crippen molar-refractivity contribution in [1.82, 2.24) is 0 Å². The summed E-state index contributed by atoms with van der Waals surface area (Å²) >= 11 is 0. The Bertz CT molecular complexity index is 538. The Morgan fingerprint density at radius 3 is 3.05 bits per heavy atom. The smallest absolute Gasteiger partial charge is 0.256 e.